The highest BCUT2D eigenvalue weighted by Gasteiger charge is 2.35. The number of halogens is 3. The predicted octanol–water partition coefficient (Wildman–Crippen LogP) is 3.23. The van der Waals surface area contributed by atoms with E-state index in [0.717, 1.165) is 30.7 Å². The monoisotopic (exact) mass is 294 g/mol. The molecule has 3 heterocycles. The Kier molecular flexibility index (Phi) is 3.48. The Bertz CT molecular complexity index is 615. The Morgan fingerprint density at radius 1 is 1.19 bits per heavy atom. The lowest BCUT2D eigenvalue weighted by molar-refractivity contribution is -0.141. The van der Waals surface area contributed by atoms with E-state index in [4.69, 9.17) is 0 Å². The maximum atomic E-state index is 12.8. The molecule has 1 saturated heterocycles. The van der Waals surface area contributed by atoms with Gasteiger partial charge in [0.1, 0.15) is 5.69 Å². The lowest BCUT2D eigenvalue weighted by Crippen LogP contribution is -2.25. The fraction of sp³-hybridized carbons (Fsp3) is 0.357. The molecule has 2 aromatic heterocycles. The van der Waals surface area contributed by atoms with Crippen LogP contribution in [0.1, 0.15) is 30.1 Å². The number of pyridine rings is 1. The molecule has 0 radical (unpaired) electrons. The summed E-state index contributed by atoms with van der Waals surface area (Å²) in [5.74, 6) is 0.121. The summed E-state index contributed by atoms with van der Waals surface area (Å²) in [6, 6.07) is 4.60. The van der Waals surface area contributed by atoms with E-state index in [2.05, 4.69) is 15.0 Å². The molecule has 0 aliphatic carbocycles. The zero-order valence-electron chi connectivity index (χ0n) is 11.1. The molecule has 3 rings (SSSR count). The SMILES string of the molecule is FC(F)(F)c1ccnc(N2CCCC2c2cccnc2)n1. The van der Waals surface area contributed by atoms with Crippen molar-refractivity contribution in [1.82, 2.24) is 15.0 Å². The molecule has 1 aliphatic rings. The fourth-order valence-corrected chi connectivity index (χ4v) is 2.57. The molecule has 4 nitrogen and oxygen atoms in total. The number of anilines is 1. The second-order valence-corrected chi connectivity index (χ2v) is 4.88. The van der Waals surface area contributed by atoms with Crippen molar-refractivity contribution in [3.63, 3.8) is 0 Å². The van der Waals surface area contributed by atoms with Gasteiger partial charge in [0.2, 0.25) is 5.95 Å². The van der Waals surface area contributed by atoms with E-state index in [1.165, 1.54) is 0 Å². The number of nitrogens with zero attached hydrogens (tertiary/aromatic N) is 4. The summed E-state index contributed by atoms with van der Waals surface area (Å²) in [6.45, 7) is 0.640. The number of aromatic nitrogens is 3. The molecule has 110 valence electrons. The number of alkyl halides is 3. The Balaban J connectivity index is 1.93. The Labute approximate surface area is 119 Å². The molecule has 21 heavy (non-hydrogen) atoms. The Hall–Kier alpha value is -2.18. The first-order valence-electron chi connectivity index (χ1n) is 6.62. The van der Waals surface area contributed by atoms with E-state index in [0.29, 0.717) is 6.54 Å². The van der Waals surface area contributed by atoms with Gasteiger partial charge in [-0.15, -0.1) is 0 Å². The summed E-state index contributed by atoms with van der Waals surface area (Å²) >= 11 is 0. The van der Waals surface area contributed by atoms with E-state index >= 15 is 0 Å². The van der Waals surface area contributed by atoms with E-state index in [1.807, 2.05) is 17.0 Å². The van der Waals surface area contributed by atoms with Crippen molar-refractivity contribution < 1.29 is 13.2 Å². The third kappa shape index (κ3) is 2.81. The number of rotatable bonds is 2. The minimum absolute atomic E-state index is 0.0258. The predicted molar refractivity (Wildman–Crippen MR) is 70.6 cm³/mol. The second-order valence-electron chi connectivity index (χ2n) is 4.88. The van der Waals surface area contributed by atoms with Gasteiger partial charge in [0, 0.05) is 25.1 Å². The molecule has 0 spiro atoms. The fourth-order valence-electron chi connectivity index (χ4n) is 2.57. The van der Waals surface area contributed by atoms with Crippen LogP contribution in [0.15, 0.2) is 36.8 Å². The van der Waals surface area contributed by atoms with Gasteiger partial charge in [0.15, 0.2) is 0 Å². The van der Waals surface area contributed by atoms with Crippen LogP contribution in [0.3, 0.4) is 0 Å². The van der Waals surface area contributed by atoms with Gasteiger partial charge in [-0.3, -0.25) is 4.98 Å². The van der Waals surface area contributed by atoms with E-state index in [-0.39, 0.29) is 12.0 Å². The number of hydrogen-bond donors (Lipinski definition) is 0. The summed E-state index contributed by atoms with van der Waals surface area (Å²) in [7, 11) is 0. The van der Waals surface area contributed by atoms with Crippen LogP contribution in [0.4, 0.5) is 19.1 Å². The number of hydrogen-bond acceptors (Lipinski definition) is 4. The van der Waals surface area contributed by atoms with Crippen molar-refractivity contribution in [3.05, 3.63) is 48.0 Å². The van der Waals surface area contributed by atoms with Crippen molar-refractivity contribution >= 4 is 5.95 Å². The van der Waals surface area contributed by atoms with E-state index in [1.54, 1.807) is 12.4 Å². The van der Waals surface area contributed by atoms with E-state index in [9.17, 15) is 13.2 Å². The second kappa shape index (κ2) is 5.31. The van der Waals surface area contributed by atoms with Crippen molar-refractivity contribution in [2.75, 3.05) is 11.4 Å². The molecule has 0 aromatic carbocycles. The first kappa shape index (κ1) is 13.8. The third-order valence-electron chi connectivity index (χ3n) is 3.51. The Morgan fingerprint density at radius 3 is 2.76 bits per heavy atom. The lowest BCUT2D eigenvalue weighted by Gasteiger charge is -2.25. The molecular weight excluding hydrogens is 281 g/mol. The van der Waals surface area contributed by atoms with Crippen LogP contribution < -0.4 is 4.90 Å². The van der Waals surface area contributed by atoms with Crippen LogP contribution in [0.5, 0.6) is 0 Å². The van der Waals surface area contributed by atoms with Crippen LogP contribution in [-0.4, -0.2) is 21.5 Å². The highest BCUT2D eigenvalue weighted by atomic mass is 19.4. The van der Waals surface area contributed by atoms with Crippen molar-refractivity contribution in [3.8, 4) is 0 Å². The Morgan fingerprint density at radius 2 is 2.05 bits per heavy atom. The highest BCUT2D eigenvalue weighted by molar-refractivity contribution is 5.38. The van der Waals surface area contributed by atoms with Crippen LogP contribution >= 0.6 is 0 Å². The largest absolute Gasteiger partial charge is 0.433 e. The molecule has 1 aliphatic heterocycles. The highest BCUT2D eigenvalue weighted by Crippen LogP contribution is 2.35. The van der Waals surface area contributed by atoms with Crippen LogP contribution in [-0.2, 0) is 6.18 Å². The molecule has 0 N–H and O–H groups in total. The first-order chi connectivity index (χ1) is 10.1. The lowest BCUT2D eigenvalue weighted by atomic mass is 10.1. The molecule has 7 heteroatoms. The molecule has 0 saturated carbocycles. The molecule has 0 amide bonds. The normalized spacial score (nSPS) is 19.0. The zero-order chi connectivity index (χ0) is 14.9. The van der Waals surface area contributed by atoms with Crippen LogP contribution in [0.25, 0.3) is 0 Å². The first-order valence-corrected chi connectivity index (χ1v) is 6.62. The zero-order valence-corrected chi connectivity index (χ0v) is 11.1. The third-order valence-corrected chi connectivity index (χ3v) is 3.51. The molecule has 1 unspecified atom stereocenters. The van der Waals surface area contributed by atoms with Gasteiger partial charge in [-0.25, -0.2) is 9.97 Å². The van der Waals surface area contributed by atoms with Crippen molar-refractivity contribution in [2.45, 2.75) is 25.1 Å². The standard InChI is InChI=1S/C14H13F3N4/c15-14(16,17)12-5-7-19-13(20-12)21-8-2-4-11(21)10-3-1-6-18-9-10/h1,3,5-7,9,11H,2,4,8H2. The smallest absolute Gasteiger partial charge is 0.334 e. The summed E-state index contributed by atoms with van der Waals surface area (Å²) < 4.78 is 38.3. The molecule has 1 fully saturated rings. The maximum Gasteiger partial charge on any atom is 0.433 e. The van der Waals surface area contributed by atoms with Crippen LogP contribution in [0.2, 0.25) is 0 Å². The summed E-state index contributed by atoms with van der Waals surface area (Å²) in [5, 5.41) is 0. The van der Waals surface area contributed by atoms with Crippen molar-refractivity contribution in [2.24, 2.45) is 0 Å². The van der Waals surface area contributed by atoms with E-state index < -0.39 is 11.9 Å². The van der Waals surface area contributed by atoms with Gasteiger partial charge >= 0.3 is 6.18 Å². The average molecular weight is 294 g/mol. The quantitative estimate of drug-likeness (QED) is 0.852. The molecular formula is C14H13F3N4. The van der Waals surface area contributed by atoms with Gasteiger partial charge in [-0.1, -0.05) is 6.07 Å². The van der Waals surface area contributed by atoms with Gasteiger partial charge in [-0.2, -0.15) is 13.2 Å². The summed E-state index contributed by atoms with van der Waals surface area (Å²) in [6.07, 6.45) is 1.84. The molecule has 0 bridgehead atoms. The average Bonchev–Trinajstić information content (AvgIpc) is 2.97. The van der Waals surface area contributed by atoms with Crippen LogP contribution in [0, 0.1) is 0 Å². The van der Waals surface area contributed by atoms with Gasteiger partial charge < -0.3 is 4.90 Å². The van der Waals surface area contributed by atoms with Gasteiger partial charge in [-0.05, 0) is 30.5 Å². The minimum atomic E-state index is -4.46. The summed E-state index contributed by atoms with van der Waals surface area (Å²) in [4.78, 5) is 13.6. The maximum absolute atomic E-state index is 12.8. The topological polar surface area (TPSA) is 41.9 Å². The van der Waals surface area contributed by atoms with Gasteiger partial charge in [0.25, 0.3) is 0 Å². The minimum Gasteiger partial charge on any atom is -0.334 e. The van der Waals surface area contributed by atoms with Gasteiger partial charge in [0.05, 0.1) is 6.04 Å². The molecule has 1 atom stereocenters. The summed E-state index contributed by atoms with van der Waals surface area (Å²) in [5.41, 5.74) is 0.0559. The molecule has 2 aromatic rings. The van der Waals surface area contributed by atoms with Crippen molar-refractivity contribution in [1.29, 1.82) is 0 Å².